The molecule has 0 saturated heterocycles. The summed E-state index contributed by atoms with van der Waals surface area (Å²) in [7, 11) is 1.70. The summed E-state index contributed by atoms with van der Waals surface area (Å²) in [6.45, 7) is 0. The highest BCUT2D eigenvalue weighted by Crippen LogP contribution is 2.28. The van der Waals surface area contributed by atoms with E-state index in [0.29, 0.717) is 16.5 Å². The Balaban J connectivity index is 2.29. The molecule has 0 fully saturated rings. The smallest absolute Gasteiger partial charge is 0.196 e. The normalized spacial score (nSPS) is 10.4. The second-order valence-electron chi connectivity index (χ2n) is 3.58. The molecule has 0 spiro atoms. The number of anilines is 2. The second kappa shape index (κ2) is 5.46. The molecule has 0 amide bonds. The molecule has 0 unspecified atom stereocenters. The van der Waals surface area contributed by atoms with Crippen LogP contribution in [0.5, 0.6) is 0 Å². The monoisotopic (exact) mass is 284 g/mol. The zero-order valence-electron chi connectivity index (χ0n) is 9.56. The highest BCUT2D eigenvalue weighted by atomic mass is 35.5. The quantitative estimate of drug-likeness (QED) is 0.637. The van der Waals surface area contributed by atoms with Gasteiger partial charge in [-0.25, -0.2) is 9.37 Å². The number of thiazole rings is 1. The number of carbonyl (C=O) groups is 1. The molecule has 0 aliphatic rings. The average Bonchev–Trinajstić information content (AvgIpc) is 2.87. The summed E-state index contributed by atoms with van der Waals surface area (Å²) >= 11 is 6.73. The Kier molecular flexibility index (Phi) is 3.93. The van der Waals surface area contributed by atoms with Gasteiger partial charge < -0.3 is 4.90 Å². The predicted octanol–water partition coefficient (Wildman–Crippen LogP) is 3.47. The molecule has 1 aromatic carbocycles. The van der Waals surface area contributed by atoms with Crippen molar-refractivity contribution in [3.8, 4) is 0 Å². The Morgan fingerprint density at radius 1 is 1.50 bits per heavy atom. The fourth-order valence-corrected chi connectivity index (χ4v) is 2.39. The van der Waals surface area contributed by atoms with Crippen LogP contribution in [0, 0.1) is 5.82 Å². The molecule has 0 bridgehead atoms. The number of benzene rings is 1. The number of halogens is 2. The lowest BCUT2D eigenvalue weighted by molar-refractivity contribution is 0.101. The van der Waals surface area contributed by atoms with Gasteiger partial charge in [0.25, 0.3) is 0 Å². The summed E-state index contributed by atoms with van der Waals surface area (Å²) in [4.78, 5) is 17.1. The van der Waals surface area contributed by atoms with Crippen LogP contribution in [0.2, 0.25) is 0 Å². The van der Waals surface area contributed by atoms with Crippen LogP contribution in [0.1, 0.15) is 10.5 Å². The minimum Gasteiger partial charge on any atom is -0.318 e. The van der Waals surface area contributed by atoms with Gasteiger partial charge in [0.2, 0.25) is 0 Å². The Labute approximate surface area is 113 Å². The number of hydrogen-bond donors (Lipinski definition) is 0. The van der Waals surface area contributed by atoms with Crippen LogP contribution < -0.4 is 4.90 Å². The van der Waals surface area contributed by atoms with E-state index in [1.54, 1.807) is 35.5 Å². The SMILES string of the molecule is CN(c1nc(C(=O)CCl)cs1)c1ccccc1F. The Hall–Kier alpha value is -1.46. The van der Waals surface area contributed by atoms with E-state index in [2.05, 4.69) is 4.98 Å². The zero-order chi connectivity index (χ0) is 13.1. The highest BCUT2D eigenvalue weighted by molar-refractivity contribution is 7.14. The van der Waals surface area contributed by atoms with E-state index < -0.39 is 0 Å². The lowest BCUT2D eigenvalue weighted by Crippen LogP contribution is -2.11. The minimum atomic E-state index is -0.333. The number of ketones is 1. The van der Waals surface area contributed by atoms with Crippen LogP contribution in [0.15, 0.2) is 29.6 Å². The molecule has 0 radical (unpaired) electrons. The Bertz CT molecular complexity index is 573. The van der Waals surface area contributed by atoms with Crippen LogP contribution >= 0.6 is 22.9 Å². The first kappa shape index (κ1) is 13.0. The van der Waals surface area contributed by atoms with Gasteiger partial charge in [0.15, 0.2) is 10.9 Å². The molecule has 1 aromatic heterocycles. The van der Waals surface area contributed by atoms with Crippen molar-refractivity contribution in [3.63, 3.8) is 0 Å². The van der Waals surface area contributed by atoms with Gasteiger partial charge in [0.1, 0.15) is 11.5 Å². The number of hydrogen-bond acceptors (Lipinski definition) is 4. The summed E-state index contributed by atoms with van der Waals surface area (Å²) in [5.74, 6) is -0.673. The molecule has 0 aliphatic heterocycles. The third-order valence-electron chi connectivity index (χ3n) is 2.40. The molecule has 1 heterocycles. The van der Waals surface area contributed by atoms with Gasteiger partial charge in [0, 0.05) is 12.4 Å². The predicted molar refractivity (Wildman–Crippen MR) is 71.6 cm³/mol. The second-order valence-corrected chi connectivity index (χ2v) is 4.69. The van der Waals surface area contributed by atoms with Crippen LogP contribution in [0.4, 0.5) is 15.2 Å². The van der Waals surface area contributed by atoms with Gasteiger partial charge in [-0.1, -0.05) is 12.1 Å². The van der Waals surface area contributed by atoms with E-state index in [1.807, 2.05) is 0 Å². The third kappa shape index (κ3) is 2.52. The number of alkyl halides is 1. The maximum Gasteiger partial charge on any atom is 0.196 e. The van der Waals surface area contributed by atoms with Crippen molar-refractivity contribution in [2.24, 2.45) is 0 Å². The molecular weight excluding hydrogens is 275 g/mol. The van der Waals surface area contributed by atoms with Crippen LogP contribution in [0.3, 0.4) is 0 Å². The summed E-state index contributed by atoms with van der Waals surface area (Å²) in [6, 6.07) is 6.40. The third-order valence-corrected chi connectivity index (χ3v) is 3.56. The van der Waals surface area contributed by atoms with Crippen LogP contribution in [-0.2, 0) is 0 Å². The molecule has 0 saturated carbocycles. The first-order valence-corrected chi connectivity index (χ1v) is 6.58. The summed E-state index contributed by atoms with van der Waals surface area (Å²) < 4.78 is 13.6. The van der Waals surface area contributed by atoms with E-state index >= 15 is 0 Å². The van der Waals surface area contributed by atoms with Crippen molar-refractivity contribution < 1.29 is 9.18 Å². The molecule has 6 heteroatoms. The lowest BCUT2D eigenvalue weighted by atomic mass is 10.3. The number of carbonyl (C=O) groups excluding carboxylic acids is 1. The van der Waals surface area contributed by atoms with Gasteiger partial charge in [-0.3, -0.25) is 4.79 Å². The summed E-state index contributed by atoms with van der Waals surface area (Å²) in [5, 5.41) is 2.17. The lowest BCUT2D eigenvalue weighted by Gasteiger charge is -2.16. The minimum absolute atomic E-state index is 0.105. The van der Waals surface area contributed by atoms with Gasteiger partial charge >= 0.3 is 0 Å². The molecule has 0 aliphatic carbocycles. The van der Waals surface area contributed by atoms with Crippen LogP contribution in [0.25, 0.3) is 0 Å². The Morgan fingerprint density at radius 3 is 2.89 bits per heavy atom. The summed E-state index contributed by atoms with van der Waals surface area (Å²) in [6.07, 6.45) is 0. The topological polar surface area (TPSA) is 33.2 Å². The van der Waals surface area contributed by atoms with Crippen molar-refractivity contribution >= 4 is 39.5 Å². The van der Waals surface area contributed by atoms with E-state index in [9.17, 15) is 9.18 Å². The molecule has 2 aromatic rings. The van der Waals surface area contributed by atoms with Crippen molar-refractivity contribution in [2.75, 3.05) is 17.8 Å². The van der Waals surface area contributed by atoms with E-state index in [4.69, 9.17) is 11.6 Å². The van der Waals surface area contributed by atoms with Gasteiger partial charge in [-0.15, -0.1) is 22.9 Å². The molecular formula is C12H10ClFN2OS. The Morgan fingerprint density at radius 2 is 2.22 bits per heavy atom. The zero-order valence-corrected chi connectivity index (χ0v) is 11.1. The molecule has 0 N–H and O–H groups in total. The van der Waals surface area contributed by atoms with E-state index in [-0.39, 0.29) is 17.5 Å². The van der Waals surface area contributed by atoms with Gasteiger partial charge in [-0.2, -0.15) is 0 Å². The average molecular weight is 285 g/mol. The maximum absolute atomic E-state index is 13.6. The number of rotatable bonds is 4. The first-order chi connectivity index (χ1) is 8.63. The van der Waals surface area contributed by atoms with Crippen molar-refractivity contribution in [2.45, 2.75) is 0 Å². The molecule has 94 valence electrons. The number of Topliss-reactive ketones (excluding diaryl/α,β-unsaturated/α-hetero) is 1. The number of aromatic nitrogens is 1. The standard InChI is InChI=1S/C12H10ClFN2OS/c1-16(10-5-3-2-4-8(10)14)12-15-9(7-18-12)11(17)6-13/h2-5,7H,6H2,1H3. The van der Waals surface area contributed by atoms with Crippen molar-refractivity contribution in [1.29, 1.82) is 0 Å². The molecule has 18 heavy (non-hydrogen) atoms. The molecule has 3 nitrogen and oxygen atoms in total. The fourth-order valence-electron chi connectivity index (χ4n) is 1.44. The maximum atomic E-state index is 13.6. The largest absolute Gasteiger partial charge is 0.318 e. The fraction of sp³-hybridized carbons (Fsp3) is 0.167. The highest BCUT2D eigenvalue weighted by Gasteiger charge is 2.15. The molecule has 0 atom stereocenters. The molecule has 2 rings (SSSR count). The van der Waals surface area contributed by atoms with Gasteiger partial charge in [0.05, 0.1) is 11.6 Å². The number of para-hydroxylation sites is 1. The van der Waals surface area contributed by atoms with Crippen LogP contribution in [-0.4, -0.2) is 23.7 Å². The van der Waals surface area contributed by atoms with E-state index in [1.165, 1.54) is 17.4 Å². The van der Waals surface area contributed by atoms with Crippen molar-refractivity contribution in [1.82, 2.24) is 4.98 Å². The summed E-state index contributed by atoms with van der Waals surface area (Å²) in [5.41, 5.74) is 0.727. The number of nitrogens with zero attached hydrogens (tertiary/aromatic N) is 2. The van der Waals surface area contributed by atoms with Gasteiger partial charge in [-0.05, 0) is 12.1 Å². The first-order valence-electron chi connectivity index (χ1n) is 5.16. The van der Waals surface area contributed by atoms with E-state index in [0.717, 1.165) is 0 Å². The van der Waals surface area contributed by atoms with Crippen molar-refractivity contribution in [3.05, 3.63) is 41.2 Å².